The summed E-state index contributed by atoms with van der Waals surface area (Å²) in [5.74, 6) is 0. The average molecular weight is 1030 g/mol. The van der Waals surface area contributed by atoms with Crippen molar-refractivity contribution in [1.82, 2.24) is 19.9 Å². The average Bonchev–Trinajstić information content (AvgIpc) is 4.08. The molecule has 4 aromatic carbocycles. The summed E-state index contributed by atoms with van der Waals surface area (Å²) < 4.78 is 145. The van der Waals surface area contributed by atoms with Gasteiger partial charge in [-0.1, -0.05) is 72.8 Å². The van der Waals surface area contributed by atoms with Crippen LogP contribution in [-0.4, -0.2) is 190 Å². The molecule has 0 spiro atoms. The van der Waals surface area contributed by atoms with Gasteiger partial charge < -0.3 is 9.97 Å². The molecule has 0 aliphatic carbocycles. The fourth-order valence-corrected chi connectivity index (χ4v) is 10.7. The molecule has 0 radical (unpaired) electrons. The predicted molar refractivity (Wildman–Crippen MR) is 268 cm³/mol. The van der Waals surface area contributed by atoms with Gasteiger partial charge in [0.1, 0.15) is 19.6 Å². The Kier molecular flexibility index (Phi) is 17.7. The minimum atomic E-state index is -4.89. The standard InChI is InChI=1S/C44H30N4O12S4.4Na.4H/c49-61(50,51)37-13-5-1-9-25(37)41-29-17-19-31(45-29)42(26-10-2-6-14-38(26)62(52,53)54)33-21-23-35(47-33)44(28-12-4-8-16-40(28)64(58,59)60)36-24-22-34(48-36)43(32-20-18-30(41)46-32)27-11-3-7-15-39(27)63(55,56)57;;;;;;;;/h1-24,45,48H,(H,49,50,51)(H,52,53,54)(H,55,56,57)(H,58,59,60);;;;;;;;. The Hall–Kier alpha value is -2.88. The van der Waals surface area contributed by atoms with E-state index in [0.29, 0.717) is 0 Å². The van der Waals surface area contributed by atoms with E-state index in [2.05, 4.69) is 9.97 Å². The fraction of sp³-hybridized carbons (Fsp3) is 0. The van der Waals surface area contributed by atoms with Crippen LogP contribution in [0.5, 0.6) is 0 Å². The number of hydrogen-bond acceptors (Lipinski definition) is 10. The zero-order chi connectivity index (χ0) is 45.3. The third kappa shape index (κ3) is 11.0. The van der Waals surface area contributed by atoms with Crippen LogP contribution in [0.3, 0.4) is 0 Å². The maximum absolute atomic E-state index is 12.9. The molecule has 6 N–H and O–H groups in total. The zero-order valence-corrected chi connectivity index (χ0v) is 35.7. The molecule has 0 saturated carbocycles. The first-order valence-corrected chi connectivity index (χ1v) is 24.5. The Balaban J connectivity index is 0.00000216. The SMILES string of the molecule is O=S(=O)(O)c1ccccc1-c1c2nc(c(-c3ccccc3S(=O)(=O)O)c3ccc([nH]3)c(-c3ccccc3S(=O)(=O)O)c3nc(c(-c4ccccc4S(=O)(=O)O)c4ccc1[nH]4)C=C3)C=C2.[NaH].[NaH].[NaH].[NaH]. The molecule has 16 nitrogen and oxygen atoms in total. The first-order valence-electron chi connectivity index (χ1n) is 18.7. The van der Waals surface area contributed by atoms with Crippen LogP contribution in [0.1, 0.15) is 22.8 Å². The molecule has 0 fully saturated rings. The van der Waals surface area contributed by atoms with Gasteiger partial charge in [-0.25, -0.2) is 9.97 Å². The van der Waals surface area contributed by atoms with Crippen molar-refractivity contribution in [2.24, 2.45) is 0 Å². The summed E-state index contributed by atoms with van der Waals surface area (Å²) >= 11 is 0. The number of hydrogen-bond donors (Lipinski definition) is 6. The van der Waals surface area contributed by atoms with Crippen LogP contribution in [0.15, 0.2) is 141 Å². The van der Waals surface area contributed by atoms with Crippen LogP contribution in [-0.2, 0) is 40.5 Å². The Morgan fingerprint density at radius 1 is 0.309 bits per heavy atom. The maximum atomic E-state index is 12.9. The molecule has 9 rings (SSSR count). The van der Waals surface area contributed by atoms with E-state index in [1.54, 1.807) is 24.3 Å². The van der Waals surface area contributed by atoms with Crippen molar-refractivity contribution < 1.29 is 51.9 Å². The Bertz CT molecular complexity index is 3390. The molecule has 24 heteroatoms. The van der Waals surface area contributed by atoms with E-state index in [9.17, 15) is 51.9 Å². The quantitative estimate of drug-likeness (QED) is 0.0786. The van der Waals surface area contributed by atoms with Crippen molar-refractivity contribution >= 4 is 205 Å². The van der Waals surface area contributed by atoms with Gasteiger partial charge in [-0.05, 0) is 72.8 Å². The number of rotatable bonds is 8. The van der Waals surface area contributed by atoms with Gasteiger partial charge in [0.25, 0.3) is 40.5 Å². The molecule has 0 amide bonds. The number of benzene rings is 4. The van der Waals surface area contributed by atoms with Crippen molar-refractivity contribution in [2.75, 3.05) is 0 Å². The second kappa shape index (κ2) is 21.5. The molecule has 5 heterocycles. The molecule has 68 heavy (non-hydrogen) atoms. The molecule has 330 valence electrons. The third-order valence-electron chi connectivity index (χ3n) is 10.5. The molecular formula is C44H34N4Na4O12S4. The van der Waals surface area contributed by atoms with E-state index in [0.717, 1.165) is 0 Å². The first-order chi connectivity index (χ1) is 30.3. The summed E-state index contributed by atoms with van der Waals surface area (Å²) in [6, 6.07) is 28.5. The van der Waals surface area contributed by atoms with Gasteiger partial charge >= 0.3 is 118 Å². The second-order valence-electron chi connectivity index (χ2n) is 14.4. The number of nitrogens with one attached hydrogen (secondary N) is 2. The molecule has 3 aromatic heterocycles. The van der Waals surface area contributed by atoms with Gasteiger partial charge in [-0.3, -0.25) is 18.2 Å². The third-order valence-corrected chi connectivity index (χ3v) is 14.1. The fourth-order valence-electron chi connectivity index (χ4n) is 7.93. The second-order valence-corrected chi connectivity index (χ2v) is 19.9. The van der Waals surface area contributed by atoms with Crippen LogP contribution in [0.4, 0.5) is 0 Å². The summed E-state index contributed by atoms with van der Waals surface area (Å²) in [6.45, 7) is 0. The summed E-state index contributed by atoms with van der Waals surface area (Å²) in [6.07, 6.45) is 6.08. The summed E-state index contributed by atoms with van der Waals surface area (Å²) in [4.78, 5) is 14.3. The van der Waals surface area contributed by atoms with Crippen molar-refractivity contribution in [3.8, 4) is 44.5 Å². The number of nitrogens with zero attached hydrogens (tertiary/aromatic N) is 2. The number of fused-ring (bicyclic) bond motifs is 8. The topological polar surface area (TPSA) is 275 Å². The monoisotopic (exact) mass is 1030 g/mol. The van der Waals surface area contributed by atoms with Gasteiger partial charge in [-0.15, -0.1) is 0 Å². The van der Waals surface area contributed by atoms with Gasteiger partial charge in [0.15, 0.2) is 0 Å². The van der Waals surface area contributed by atoms with Gasteiger partial charge in [0, 0.05) is 66.6 Å². The molecule has 7 aromatic rings. The number of H-pyrrole nitrogens is 2. The van der Waals surface area contributed by atoms with Crippen LogP contribution in [0.2, 0.25) is 0 Å². The van der Waals surface area contributed by atoms with Crippen molar-refractivity contribution in [1.29, 1.82) is 0 Å². The van der Waals surface area contributed by atoms with Crippen LogP contribution >= 0.6 is 0 Å². The van der Waals surface area contributed by atoms with Crippen LogP contribution in [0.25, 0.3) is 90.9 Å². The van der Waals surface area contributed by atoms with Crippen molar-refractivity contribution in [3.63, 3.8) is 0 Å². The predicted octanol–water partition coefficient (Wildman–Crippen LogP) is 5.72. The van der Waals surface area contributed by atoms with Crippen LogP contribution in [0, 0.1) is 0 Å². The van der Waals surface area contributed by atoms with E-state index in [-0.39, 0.29) is 208 Å². The molecule has 8 bridgehead atoms. The molecule has 0 atom stereocenters. The Labute approximate surface area is 478 Å². The Morgan fingerprint density at radius 3 is 0.691 bits per heavy atom. The molecule has 2 aliphatic rings. The van der Waals surface area contributed by atoms with E-state index in [4.69, 9.17) is 9.97 Å². The van der Waals surface area contributed by atoms with E-state index >= 15 is 0 Å². The summed E-state index contributed by atoms with van der Waals surface area (Å²) in [5, 5.41) is 0. The normalized spacial score (nSPS) is 12.3. The molecular weight excluding hydrogens is 997 g/mol. The van der Waals surface area contributed by atoms with Crippen LogP contribution < -0.4 is 0 Å². The van der Waals surface area contributed by atoms with Crippen molar-refractivity contribution in [3.05, 3.63) is 144 Å². The first kappa shape index (κ1) is 56.0. The van der Waals surface area contributed by atoms with E-state index in [1.807, 2.05) is 0 Å². The van der Waals surface area contributed by atoms with Gasteiger partial charge in [0.05, 0.1) is 22.8 Å². The van der Waals surface area contributed by atoms with Gasteiger partial charge in [-0.2, -0.15) is 33.7 Å². The summed E-state index contributed by atoms with van der Waals surface area (Å²) in [5.41, 5.74) is 1.54. The number of aromatic amines is 2. The number of aromatic nitrogens is 4. The Morgan fingerprint density at radius 2 is 0.500 bits per heavy atom. The zero-order valence-electron chi connectivity index (χ0n) is 32.4. The molecule has 2 aliphatic heterocycles. The summed E-state index contributed by atoms with van der Waals surface area (Å²) in [7, 11) is -19.5. The minimum absolute atomic E-state index is 0. The van der Waals surface area contributed by atoms with E-state index in [1.165, 1.54) is 121 Å². The van der Waals surface area contributed by atoms with E-state index < -0.39 is 60.1 Å². The molecule has 0 unspecified atom stereocenters. The van der Waals surface area contributed by atoms with Gasteiger partial charge in [0.2, 0.25) is 0 Å². The molecule has 0 saturated heterocycles. The van der Waals surface area contributed by atoms with Crippen molar-refractivity contribution in [2.45, 2.75) is 19.6 Å².